The van der Waals surface area contributed by atoms with E-state index < -0.39 is 40.9 Å². The quantitative estimate of drug-likeness (QED) is 0.245. The van der Waals surface area contributed by atoms with Crippen LogP contribution >= 0.6 is 23.2 Å². The van der Waals surface area contributed by atoms with Crippen LogP contribution < -0.4 is 14.9 Å². The van der Waals surface area contributed by atoms with Gasteiger partial charge in [-0.1, -0.05) is 54.2 Å². The molecule has 1 heterocycles. The maximum absolute atomic E-state index is 14.5. The maximum Gasteiger partial charge on any atom is 0.335 e. The second kappa shape index (κ2) is 14.3. The fraction of sp³-hybridized carbons (Fsp3) is 0.344. The topological polar surface area (TPSA) is 134 Å². The molecule has 1 saturated carbocycles. The number of aromatic carboxylic acids is 1. The van der Waals surface area contributed by atoms with Crippen molar-refractivity contribution in [3.63, 3.8) is 0 Å². The molecule has 3 aromatic carbocycles. The molecule has 0 radical (unpaired) electrons. The normalized spacial score (nSPS) is 22.0. The number of hydrogen-bond acceptors (Lipinski definition) is 6. The van der Waals surface area contributed by atoms with E-state index in [-0.39, 0.29) is 29.1 Å². The Bertz CT molecular complexity index is 1640. The van der Waals surface area contributed by atoms with Crippen LogP contribution in [0, 0.1) is 0 Å². The number of hydroxylamine groups is 1. The molecule has 3 N–H and O–H groups in total. The molecule has 0 aromatic heterocycles. The number of amides is 2. The summed E-state index contributed by atoms with van der Waals surface area (Å²) in [6.07, 6.45) is 4.61. The SMILES string of the molecule is COc1ccc2c(c1)[C@@H](C(=O)NOCc1cccc(C(=O)O)c1)[C@H](c1ccc(Cl)cc1Cl)N(C1CCCC[C@@H]1NS(C)=O)C2=O. The third kappa shape index (κ3) is 7.18. The molecule has 0 bridgehead atoms. The Morgan fingerprint density at radius 1 is 1.04 bits per heavy atom. The van der Waals surface area contributed by atoms with E-state index >= 15 is 0 Å². The van der Waals surface area contributed by atoms with Gasteiger partial charge in [-0.25, -0.2) is 19.2 Å². The van der Waals surface area contributed by atoms with Crippen molar-refractivity contribution in [2.45, 2.75) is 56.3 Å². The van der Waals surface area contributed by atoms with E-state index in [2.05, 4.69) is 10.2 Å². The maximum atomic E-state index is 14.5. The highest BCUT2D eigenvalue weighted by Crippen LogP contribution is 2.48. The van der Waals surface area contributed by atoms with Crippen molar-refractivity contribution in [2.24, 2.45) is 0 Å². The number of halogens is 2. The molecule has 2 unspecified atom stereocenters. The van der Waals surface area contributed by atoms with E-state index in [1.165, 1.54) is 19.2 Å². The van der Waals surface area contributed by atoms with Crippen molar-refractivity contribution in [2.75, 3.05) is 13.4 Å². The van der Waals surface area contributed by atoms with Gasteiger partial charge in [0.25, 0.3) is 11.8 Å². The Morgan fingerprint density at radius 3 is 2.53 bits per heavy atom. The Morgan fingerprint density at radius 2 is 1.82 bits per heavy atom. The number of nitrogens with one attached hydrogen (secondary N) is 2. The van der Waals surface area contributed by atoms with Gasteiger partial charge in [0.2, 0.25) is 0 Å². The molecule has 0 spiro atoms. The Hall–Kier alpha value is -3.48. The first kappa shape index (κ1) is 32.9. The molecule has 1 aliphatic carbocycles. The number of carbonyl (C=O) groups excluding carboxylic acids is 2. The van der Waals surface area contributed by atoms with Gasteiger partial charge in [-0.2, -0.15) is 0 Å². The summed E-state index contributed by atoms with van der Waals surface area (Å²) in [7, 11) is 0.158. The van der Waals surface area contributed by atoms with Gasteiger partial charge in [0.15, 0.2) is 0 Å². The van der Waals surface area contributed by atoms with Crippen LogP contribution in [0.5, 0.6) is 5.75 Å². The minimum Gasteiger partial charge on any atom is -0.497 e. The average molecular weight is 675 g/mol. The number of methoxy groups -OCH3 is 1. The fourth-order valence-electron chi connectivity index (χ4n) is 6.27. The number of carboxylic acids is 1. The Kier molecular flexibility index (Phi) is 10.5. The second-order valence-electron chi connectivity index (χ2n) is 11.0. The predicted molar refractivity (Wildman–Crippen MR) is 171 cm³/mol. The van der Waals surface area contributed by atoms with Gasteiger partial charge in [-0.15, -0.1) is 0 Å². The lowest BCUT2D eigenvalue weighted by Gasteiger charge is -2.49. The number of fused-ring (bicyclic) bond motifs is 1. The van der Waals surface area contributed by atoms with Gasteiger partial charge >= 0.3 is 5.97 Å². The molecule has 2 aliphatic rings. The molecule has 1 fully saturated rings. The lowest BCUT2D eigenvalue weighted by molar-refractivity contribution is -0.138. The third-order valence-corrected chi connectivity index (χ3v) is 9.42. The number of rotatable bonds is 10. The average Bonchev–Trinajstić information content (AvgIpc) is 3.01. The summed E-state index contributed by atoms with van der Waals surface area (Å²) >= 11 is 13.1. The summed E-state index contributed by atoms with van der Waals surface area (Å²) < 4.78 is 20.9. The van der Waals surface area contributed by atoms with Crippen molar-refractivity contribution in [1.82, 2.24) is 15.1 Å². The number of hydrogen-bond donors (Lipinski definition) is 3. The van der Waals surface area contributed by atoms with Crippen molar-refractivity contribution in [1.29, 1.82) is 0 Å². The molecule has 1 aliphatic heterocycles. The summed E-state index contributed by atoms with van der Waals surface area (Å²) in [6, 6.07) is 14.5. The molecule has 238 valence electrons. The van der Waals surface area contributed by atoms with Gasteiger partial charge in [0, 0.05) is 33.9 Å². The number of carboxylic acid groups (broad SMARTS) is 1. The fourth-order valence-corrected chi connectivity index (χ4v) is 7.49. The highest BCUT2D eigenvalue weighted by Gasteiger charge is 2.49. The van der Waals surface area contributed by atoms with Gasteiger partial charge in [-0.3, -0.25) is 14.4 Å². The van der Waals surface area contributed by atoms with E-state index in [4.69, 9.17) is 32.8 Å². The molecule has 10 nitrogen and oxygen atoms in total. The van der Waals surface area contributed by atoms with Gasteiger partial charge in [0.1, 0.15) is 5.75 Å². The number of benzene rings is 3. The van der Waals surface area contributed by atoms with Crippen LogP contribution in [-0.2, 0) is 27.2 Å². The van der Waals surface area contributed by atoms with E-state index in [0.29, 0.717) is 45.9 Å². The molecule has 45 heavy (non-hydrogen) atoms. The highest BCUT2D eigenvalue weighted by atomic mass is 35.5. The zero-order valence-electron chi connectivity index (χ0n) is 24.6. The molecule has 5 atom stereocenters. The van der Waals surface area contributed by atoms with Crippen molar-refractivity contribution < 1.29 is 33.3 Å². The second-order valence-corrected chi connectivity index (χ2v) is 13.0. The predicted octanol–water partition coefficient (Wildman–Crippen LogP) is 5.42. The monoisotopic (exact) mass is 673 g/mol. The molecular weight excluding hydrogens is 641 g/mol. The standard InChI is InChI=1S/C32H33Cl2N3O7S/c1-43-21-11-13-22-24(16-21)28(30(38)35-44-17-18-6-5-7-19(14-18)32(40)41)29(23-12-10-20(33)15-25(23)34)37(31(22)39)27-9-4-3-8-26(27)36-45(2)42/h5-7,10-16,26-29,36H,3-4,8-9,17H2,1-2H3,(H,35,38)(H,40,41)/t26-,27?,28+,29-,45?/m0/s1. The zero-order chi connectivity index (χ0) is 32.2. The molecule has 3 aromatic rings. The largest absolute Gasteiger partial charge is 0.497 e. The minimum atomic E-state index is -1.34. The summed E-state index contributed by atoms with van der Waals surface area (Å²) in [5, 5.41) is 10.0. The first-order chi connectivity index (χ1) is 21.6. The molecule has 0 saturated heterocycles. The minimum absolute atomic E-state index is 0.0889. The van der Waals surface area contributed by atoms with E-state index in [1.807, 2.05) is 0 Å². The first-order valence-electron chi connectivity index (χ1n) is 14.4. The summed E-state index contributed by atoms with van der Waals surface area (Å²) in [4.78, 5) is 47.4. The van der Waals surface area contributed by atoms with Crippen molar-refractivity contribution in [3.05, 3.63) is 98.5 Å². The van der Waals surface area contributed by atoms with Crippen LogP contribution in [0.2, 0.25) is 10.0 Å². The molecule has 13 heteroatoms. The summed E-state index contributed by atoms with van der Waals surface area (Å²) in [6.45, 7) is -0.101. The summed E-state index contributed by atoms with van der Waals surface area (Å²) in [5.41, 5.74) is 4.44. The van der Waals surface area contributed by atoms with Crippen molar-refractivity contribution >= 4 is 52.0 Å². The van der Waals surface area contributed by atoms with Gasteiger partial charge in [-0.05, 0) is 72.0 Å². The van der Waals surface area contributed by atoms with Crippen molar-refractivity contribution in [3.8, 4) is 5.75 Å². The van der Waals surface area contributed by atoms with Crippen LogP contribution in [0.4, 0.5) is 0 Å². The number of ether oxygens (including phenoxy) is 1. The van der Waals surface area contributed by atoms with E-state index in [9.17, 15) is 23.7 Å². The van der Waals surface area contributed by atoms with E-state index in [0.717, 1.165) is 12.8 Å². The Labute approximate surface area is 273 Å². The zero-order valence-corrected chi connectivity index (χ0v) is 27.0. The highest BCUT2D eigenvalue weighted by molar-refractivity contribution is 7.82. The van der Waals surface area contributed by atoms with Crippen LogP contribution in [0.25, 0.3) is 0 Å². The van der Waals surface area contributed by atoms with Crippen LogP contribution in [0.1, 0.15) is 75.0 Å². The number of nitrogens with zero attached hydrogens (tertiary/aromatic N) is 1. The summed E-state index contributed by atoms with van der Waals surface area (Å²) in [5.74, 6) is -2.47. The van der Waals surface area contributed by atoms with E-state index in [1.54, 1.807) is 59.7 Å². The molecule has 5 rings (SSSR count). The third-order valence-electron chi connectivity index (χ3n) is 8.23. The van der Waals surface area contributed by atoms with Crippen LogP contribution in [0.15, 0.2) is 60.7 Å². The lowest BCUT2D eigenvalue weighted by Crippen LogP contribution is -2.58. The number of carbonyl (C=O) groups is 3. The lowest BCUT2D eigenvalue weighted by atomic mass is 9.76. The van der Waals surface area contributed by atoms with Gasteiger partial charge < -0.3 is 14.7 Å². The molecule has 2 amide bonds. The van der Waals surface area contributed by atoms with Crippen LogP contribution in [0.3, 0.4) is 0 Å². The first-order valence-corrected chi connectivity index (χ1v) is 16.7. The van der Waals surface area contributed by atoms with Crippen LogP contribution in [-0.4, -0.2) is 57.4 Å². The van der Waals surface area contributed by atoms with Gasteiger partial charge in [0.05, 0.1) is 42.2 Å². The Balaban J connectivity index is 1.60. The molecular formula is C32H33Cl2N3O7S. The smallest absolute Gasteiger partial charge is 0.335 e.